The fourth-order valence-corrected chi connectivity index (χ4v) is 3.78. The van der Waals surface area contributed by atoms with Gasteiger partial charge in [-0.2, -0.15) is 0 Å². The van der Waals surface area contributed by atoms with Gasteiger partial charge in [0.25, 0.3) is 5.91 Å². The fraction of sp³-hybridized carbons (Fsp3) is 0.160. The van der Waals surface area contributed by atoms with E-state index in [1.54, 1.807) is 18.2 Å². The predicted molar refractivity (Wildman–Crippen MR) is 127 cm³/mol. The van der Waals surface area contributed by atoms with Crippen LogP contribution in [0.3, 0.4) is 0 Å². The largest absolute Gasteiger partial charge is 0.348 e. The molecule has 1 heterocycles. The van der Waals surface area contributed by atoms with Gasteiger partial charge >= 0.3 is 0 Å². The Bertz CT molecular complexity index is 1270. The van der Waals surface area contributed by atoms with Crippen molar-refractivity contribution in [2.75, 3.05) is 5.32 Å². The van der Waals surface area contributed by atoms with Crippen LogP contribution in [0, 0.1) is 6.92 Å². The second-order valence-corrected chi connectivity index (χ2v) is 7.93. The molecule has 4 rings (SSSR count). The van der Waals surface area contributed by atoms with E-state index in [9.17, 15) is 9.59 Å². The minimum Gasteiger partial charge on any atom is -0.348 e. The van der Waals surface area contributed by atoms with Gasteiger partial charge < -0.3 is 15.2 Å². The van der Waals surface area contributed by atoms with Crippen LogP contribution < -0.4 is 10.6 Å². The predicted octanol–water partition coefficient (Wildman–Crippen LogP) is 4.96. The Balaban J connectivity index is 1.41. The van der Waals surface area contributed by atoms with E-state index in [-0.39, 0.29) is 11.8 Å². The van der Waals surface area contributed by atoms with E-state index in [0.717, 1.165) is 28.1 Å². The van der Waals surface area contributed by atoms with Gasteiger partial charge in [-0.15, -0.1) is 0 Å². The Morgan fingerprint density at radius 3 is 2.59 bits per heavy atom. The SMILES string of the molecule is Cc1nc2cc(C(=O)NCc3cccc(Cl)c3)ccc2n1CCC(=O)Nc1ccccc1. The van der Waals surface area contributed by atoms with Crippen LogP contribution in [0.15, 0.2) is 72.8 Å². The number of aromatic nitrogens is 2. The van der Waals surface area contributed by atoms with Crippen molar-refractivity contribution in [3.63, 3.8) is 0 Å². The second kappa shape index (κ2) is 9.66. The molecule has 1 aromatic heterocycles. The van der Waals surface area contributed by atoms with Gasteiger partial charge in [-0.3, -0.25) is 9.59 Å². The van der Waals surface area contributed by atoms with Crippen molar-refractivity contribution in [2.24, 2.45) is 0 Å². The van der Waals surface area contributed by atoms with Gasteiger partial charge in [-0.1, -0.05) is 41.9 Å². The third kappa shape index (κ3) is 5.15. The number of halogens is 1. The lowest BCUT2D eigenvalue weighted by molar-refractivity contribution is -0.116. The summed E-state index contributed by atoms with van der Waals surface area (Å²) in [5.41, 5.74) is 3.85. The number of para-hydroxylation sites is 1. The van der Waals surface area contributed by atoms with E-state index < -0.39 is 0 Å². The molecule has 0 saturated carbocycles. The summed E-state index contributed by atoms with van der Waals surface area (Å²) in [6.45, 7) is 2.79. The summed E-state index contributed by atoms with van der Waals surface area (Å²) in [6, 6.07) is 22.2. The lowest BCUT2D eigenvalue weighted by Crippen LogP contribution is -2.22. The number of aryl methyl sites for hydroxylation is 2. The van der Waals surface area contributed by atoms with Crippen LogP contribution >= 0.6 is 11.6 Å². The number of rotatable bonds is 7. The van der Waals surface area contributed by atoms with Crippen molar-refractivity contribution in [3.05, 3.63) is 94.8 Å². The van der Waals surface area contributed by atoms with Crippen LogP contribution in [0.25, 0.3) is 11.0 Å². The van der Waals surface area contributed by atoms with Crippen molar-refractivity contribution >= 4 is 40.1 Å². The van der Waals surface area contributed by atoms with E-state index in [0.29, 0.717) is 30.1 Å². The third-order valence-corrected chi connectivity index (χ3v) is 5.40. The molecule has 0 unspecified atom stereocenters. The third-order valence-electron chi connectivity index (χ3n) is 5.16. The summed E-state index contributed by atoms with van der Waals surface area (Å²) in [7, 11) is 0. The molecule has 32 heavy (non-hydrogen) atoms. The summed E-state index contributed by atoms with van der Waals surface area (Å²) < 4.78 is 1.99. The van der Waals surface area contributed by atoms with Gasteiger partial charge in [-0.25, -0.2) is 4.98 Å². The molecule has 0 fully saturated rings. The summed E-state index contributed by atoms with van der Waals surface area (Å²) in [5, 5.41) is 6.44. The quantitative estimate of drug-likeness (QED) is 0.421. The molecule has 162 valence electrons. The number of hydrogen-bond acceptors (Lipinski definition) is 3. The van der Waals surface area contributed by atoms with Crippen molar-refractivity contribution < 1.29 is 9.59 Å². The lowest BCUT2D eigenvalue weighted by Gasteiger charge is -2.09. The van der Waals surface area contributed by atoms with Crippen molar-refractivity contribution in [1.82, 2.24) is 14.9 Å². The van der Waals surface area contributed by atoms with Crippen molar-refractivity contribution in [3.8, 4) is 0 Å². The molecule has 0 radical (unpaired) electrons. The van der Waals surface area contributed by atoms with E-state index in [1.165, 1.54) is 0 Å². The van der Waals surface area contributed by atoms with Gasteiger partial charge in [0.05, 0.1) is 11.0 Å². The van der Waals surface area contributed by atoms with Gasteiger partial charge in [0, 0.05) is 35.8 Å². The zero-order valence-electron chi connectivity index (χ0n) is 17.6. The first kappa shape index (κ1) is 21.6. The zero-order valence-corrected chi connectivity index (χ0v) is 18.4. The van der Waals surface area contributed by atoms with E-state index in [4.69, 9.17) is 11.6 Å². The van der Waals surface area contributed by atoms with Crippen molar-refractivity contribution in [1.29, 1.82) is 0 Å². The second-order valence-electron chi connectivity index (χ2n) is 7.49. The number of nitrogens with zero attached hydrogens (tertiary/aromatic N) is 2. The maximum absolute atomic E-state index is 12.6. The molecular weight excluding hydrogens is 424 g/mol. The number of hydrogen-bond donors (Lipinski definition) is 2. The Labute approximate surface area is 191 Å². The summed E-state index contributed by atoms with van der Waals surface area (Å²) >= 11 is 6.00. The van der Waals surface area contributed by atoms with Gasteiger partial charge in [-0.05, 0) is 55.0 Å². The maximum atomic E-state index is 12.6. The van der Waals surface area contributed by atoms with Crippen molar-refractivity contribution in [2.45, 2.75) is 26.4 Å². The molecule has 0 spiro atoms. The van der Waals surface area contributed by atoms with E-state index >= 15 is 0 Å². The highest BCUT2D eigenvalue weighted by Crippen LogP contribution is 2.19. The molecule has 0 aliphatic heterocycles. The molecule has 7 heteroatoms. The highest BCUT2D eigenvalue weighted by molar-refractivity contribution is 6.30. The molecular formula is C25H23ClN4O2. The Morgan fingerprint density at radius 2 is 1.81 bits per heavy atom. The van der Waals surface area contributed by atoms with E-state index in [2.05, 4.69) is 15.6 Å². The number of benzene rings is 3. The number of carbonyl (C=O) groups excluding carboxylic acids is 2. The highest BCUT2D eigenvalue weighted by atomic mass is 35.5. The summed E-state index contributed by atoms with van der Waals surface area (Å²) in [5.74, 6) is 0.555. The molecule has 0 aliphatic rings. The zero-order chi connectivity index (χ0) is 22.5. The van der Waals surface area contributed by atoms with Crippen LogP contribution in [0.5, 0.6) is 0 Å². The number of fused-ring (bicyclic) bond motifs is 1. The number of anilines is 1. The van der Waals surface area contributed by atoms with Crippen LogP contribution in [0.1, 0.15) is 28.2 Å². The molecule has 2 amide bonds. The average Bonchev–Trinajstić information content (AvgIpc) is 3.11. The maximum Gasteiger partial charge on any atom is 0.251 e. The molecule has 0 aliphatic carbocycles. The highest BCUT2D eigenvalue weighted by Gasteiger charge is 2.13. The minimum absolute atomic E-state index is 0.0607. The van der Waals surface area contributed by atoms with E-state index in [1.807, 2.05) is 66.1 Å². The topological polar surface area (TPSA) is 76.0 Å². The molecule has 6 nitrogen and oxygen atoms in total. The molecule has 0 bridgehead atoms. The number of imidazole rings is 1. The minimum atomic E-state index is -0.179. The fourth-order valence-electron chi connectivity index (χ4n) is 3.56. The number of carbonyl (C=O) groups is 2. The van der Waals surface area contributed by atoms with Crippen LogP contribution in [0.2, 0.25) is 5.02 Å². The standard InChI is InChI=1S/C25H23ClN4O2/c1-17-28-22-15-19(25(32)27-16-18-6-5-7-20(26)14-18)10-11-23(22)30(17)13-12-24(31)29-21-8-3-2-4-9-21/h2-11,14-15H,12-13,16H2,1H3,(H,27,32)(H,29,31). The smallest absolute Gasteiger partial charge is 0.251 e. The molecule has 0 saturated heterocycles. The Hall–Kier alpha value is -3.64. The number of amides is 2. The summed E-state index contributed by atoms with van der Waals surface area (Å²) in [6.07, 6.45) is 0.322. The Kier molecular flexibility index (Phi) is 6.52. The first-order valence-electron chi connectivity index (χ1n) is 10.3. The van der Waals surface area contributed by atoms with Gasteiger partial charge in [0.1, 0.15) is 5.82 Å². The molecule has 0 atom stereocenters. The lowest BCUT2D eigenvalue weighted by atomic mass is 10.1. The number of nitrogens with one attached hydrogen (secondary N) is 2. The van der Waals surface area contributed by atoms with Gasteiger partial charge in [0.2, 0.25) is 5.91 Å². The first-order chi connectivity index (χ1) is 15.5. The summed E-state index contributed by atoms with van der Waals surface area (Å²) in [4.78, 5) is 29.5. The molecule has 2 N–H and O–H groups in total. The monoisotopic (exact) mass is 446 g/mol. The van der Waals surface area contributed by atoms with Crippen LogP contribution in [-0.4, -0.2) is 21.4 Å². The average molecular weight is 447 g/mol. The van der Waals surface area contributed by atoms with Crippen LogP contribution in [0.4, 0.5) is 5.69 Å². The molecule has 4 aromatic rings. The van der Waals surface area contributed by atoms with Gasteiger partial charge in [0.15, 0.2) is 0 Å². The normalized spacial score (nSPS) is 10.8. The Morgan fingerprint density at radius 1 is 1.00 bits per heavy atom. The molecule has 3 aromatic carbocycles. The van der Waals surface area contributed by atoms with Crippen LogP contribution in [-0.2, 0) is 17.9 Å². The first-order valence-corrected chi connectivity index (χ1v) is 10.7.